The third kappa shape index (κ3) is 3.50. The second-order valence-corrected chi connectivity index (χ2v) is 6.07. The van der Waals surface area contributed by atoms with Gasteiger partial charge in [-0.15, -0.1) is 0 Å². The molecule has 0 fully saturated rings. The van der Waals surface area contributed by atoms with E-state index in [1.165, 1.54) is 18.4 Å². The van der Waals surface area contributed by atoms with Gasteiger partial charge in [-0.05, 0) is 29.0 Å². The SMILES string of the molecule is O=C(CNC(=O)c1ccco1)OCc1cc(=O)oc2ccc3ccccc3c12. The fourth-order valence-corrected chi connectivity index (χ4v) is 2.99. The van der Waals surface area contributed by atoms with Crippen molar-refractivity contribution in [3.63, 3.8) is 0 Å². The van der Waals surface area contributed by atoms with E-state index in [0.717, 1.165) is 10.8 Å². The monoisotopic (exact) mass is 377 g/mol. The summed E-state index contributed by atoms with van der Waals surface area (Å²) < 4.78 is 15.5. The molecule has 0 spiro atoms. The van der Waals surface area contributed by atoms with E-state index in [0.29, 0.717) is 16.5 Å². The van der Waals surface area contributed by atoms with Gasteiger partial charge in [0.15, 0.2) is 5.76 Å². The van der Waals surface area contributed by atoms with Gasteiger partial charge in [0.05, 0.1) is 6.26 Å². The Hall–Kier alpha value is -3.87. The molecule has 7 heteroatoms. The van der Waals surface area contributed by atoms with Crippen LogP contribution in [-0.4, -0.2) is 18.4 Å². The zero-order valence-electron chi connectivity index (χ0n) is 14.6. The molecule has 0 unspecified atom stereocenters. The Balaban J connectivity index is 1.53. The first-order valence-electron chi connectivity index (χ1n) is 8.53. The molecule has 1 N–H and O–H groups in total. The van der Waals surface area contributed by atoms with Crippen LogP contribution in [-0.2, 0) is 16.1 Å². The number of nitrogens with one attached hydrogen (secondary N) is 1. The van der Waals surface area contributed by atoms with Gasteiger partial charge in [-0.1, -0.05) is 30.3 Å². The lowest BCUT2D eigenvalue weighted by atomic mass is 10.0. The predicted octanol–water partition coefficient (Wildman–Crippen LogP) is 3.01. The van der Waals surface area contributed by atoms with Crippen LogP contribution in [0.2, 0.25) is 0 Å². The minimum Gasteiger partial charge on any atom is -0.459 e. The molecule has 0 saturated carbocycles. The summed E-state index contributed by atoms with van der Waals surface area (Å²) in [5.74, 6) is -1.05. The number of ether oxygens (including phenoxy) is 1. The van der Waals surface area contributed by atoms with Crippen molar-refractivity contribution < 1.29 is 23.2 Å². The summed E-state index contributed by atoms with van der Waals surface area (Å²) in [6, 6.07) is 15.6. The number of carbonyl (C=O) groups excluding carboxylic acids is 2. The van der Waals surface area contributed by atoms with E-state index in [4.69, 9.17) is 13.6 Å². The first-order chi connectivity index (χ1) is 13.6. The van der Waals surface area contributed by atoms with Crippen LogP contribution >= 0.6 is 0 Å². The third-order valence-electron chi connectivity index (χ3n) is 4.24. The summed E-state index contributed by atoms with van der Waals surface area (Å²) in [5.41, 5.74) is 0.428. The lowest BCUT2D eigenvalue weighted by Crippen LogP contribution is -2.30. The fraction of sp³-hybridized carbons (Fsp3) is 0.0952. The second kappa shape index (κ2) is 7.40. The highest BCUT2D eigenvalue weighted by Gasteiger charge is 2.14. The topological polar surface area (TPSA) is 98.8 Å². The molecule has 1 amide bonds. The minimum atomic E-state index is -0.637. The summed E-state index contributed by atoms with van der Waals surface area (Å²) >= 11 is 0. The fourth-order valence-electron chi connectivity index (χ4n) is 2.99. The average Bonchev–Trinajstić information content (AvgIpc) is 3.24. The van der Waals surface area contributed by atoms with Crippen molar-refractivity contribution >= 4 is 33.6 Å². The van der Waals surface area contributed by atoms with Gasteiger partial charge in [-0.2, -0.15) is 0 Å². The highest BCUT2D eigenvalue weighted by Crippen LogP contribution is 2.27. The number of carbonyl (C=O) groups is 2. The van der Waals surface area contributed by atoms with Crippen LogP contribution in [0.4, 0.5) is 0 Å². The molecule has 0 radical (unpaired) electrons. The molecule has 0 aliphatic heterocycles. The van der Waals surface area contributed by atoms with Gasteiger partial charge in [0.25, 0.3) is 5.91 Å². The average molecular weight is 377 g/mol. The molecule has 4 rings (SSSR count). The zero-order valence-corrected chi connectivity index (χ0v) is 14.6. The molecule has 0 atom stereocenters. The van der Waals surface area contributed by atoms with E-state index >= 15 is 0 Å². The van der Waals surface area contributed by atoms with Gasteiger partial charge in [0.2, 0.25) is 0 Å². The Labute approximate surface area is 158 Å². The first-order valence-corrected chi connectivity index (χ1v) is 8.53. The summed E-state index contributed by atoms with van der Waals surface area (Å²) in [4.78, 5) is 35.6. The lowest BCUT2D eigenvalue weighted by molar-refractivity contribution is -0.143. The van der Waals surface area contributed by atoms with Crippen molar-refractivity contribution in [2.75, 3.05) is 6.54 Å². The molecular formula is C21H15NO6. The molecular weight excluding hydrogens is 362 g/mol. The van der Waals surface area contributed by atoms with Crippen molar-refractivity contribution in [2.24, 2.45) is 0 Å². The van der Waals surface area contributed by atoms with Crippen molar-refractivity contribution in [3.05, 3.63) is 82.6 Å². The maximum Gasteiger partial charge on any atom is 0.336 e. The van der Waals surface area contributed by atoms with Gasteiger partial charge >= 0.3 is 11.6 Å². The van der Waals surface area contributed by atoms with E-state index in [2.05, 4.69) is 5.32 Å². The number of fused-ring (bicyclic) bond motifs is 3. The molecule has 2 heterocycles. The number of rotatable bonds is 5. The van der Waals surface area contributed by atoms with Crippen molar-refractivity contribution in [1.29, 1.82) is 0 Å². The Morgan fingerprint density at radius 3 is 2.71 bits per heavy atom. The predicted molar refractivity (Wildman–Crippen MR) is 101 cm³/mol. The molecule has 2 aromatic heterocycles. The zero-order chi connectivity index (χ0) is 19.5. The molecule has 140 valence electrons. The van der Waals surface area contributed by atoms with Crippen LogP contribution in [0.1, 0.15) is 16.1 Å². The Bertz CT molecular complexity index is 1220. The summed E-state index contributed by atoms with van der Waals surface area (Å²) in [5, 5.41) is 4.99. The standard InChI is InChI=1S/C21H15NO6/c23-18-10-14(12-27-19(24)11-22-21(25)17-6-3-9-26-17)20-15-5-2-1-4-13(15)7-8-16(20)28-18/h1-10H,11-12H2,(H,22,25). The normalized spacial score (nSPS) is 10.9. The van der Waals surface area contributed by atoms with Crippen LogP contribution in [0.25, 0.3) is 21.7 Å². The van der Waals surface area contributed by atoms with Gasteiger partial charge in [0, 0.05) is 17.0 Å². The molecule has 2 aromatic carbocycles. The van der Waals surface area contributed by atoms with Gasteiger partial charge in [-0.25, -0.2) is 4.79 Å². The maximum absolute atomic E-state index is 12.0. The molecule has 0 saturated heterocycles. The largest absolute Gasteiger partial charge is 0.459 e. The molecule has 0 bridgehead atoms. The Morgan fingerprint density at radius 2 is 1.89 bits per heavy atom. The highest BCUT2D eigenvalue weighted by molar-refractivity contribution is 6.07. The number of benzene rings is 2. The van der Waals surface area contributed by atoms with Crippen molar-refractivity contribution in [1.82, 2.24) is 5.32 Å². The van der Waals surface area contributed by atoms with Gasteiger partial charge < -0.3 is 18.9 Å². The summed E-state index contributed by atoms with van der Waals surface area (Å²) in [6.45, 7) is -0.439. The van der Waals surface area contributed by atoms with E-state index < -0.39 is 17.5 Å². The second-order valence-electron chi connectivity index (χ2n) is 6.07. The summed E-state index contributed by atoms with van der Waals surface area (Å²) in [7, 11) is 0. The molecule has 28 heavy (non-hydrogen) atoms. The molecule has 7 nitrogen and oxygen atoms in total. The summed E-state index contributed by atoms with van der Waals surface area (Å²) in [6.07, 6.45) is 1.36. The van der Waals surface area contributed by atoms with E-state index in [1.807, 2.05) is 30.3 Å². The van der Waals surface area contributed by atoms with Crippen LogP contribution in [0.3, 0.4) is 0 Å². The maximum atomic E-state index is 12.0. The molecule has 0 aliphatic rings. The first kappa shape index (κ1) is 17.5. The number of hydrogen-bond donors (Lipinski definition) is 1. The van der Waals surface area contributed by atoms with Crippen molar-refractivity contribution in [2.45, 2.75) is 6.61 Å². The number of hydrogen-bond acceptors (Lipinski definition) is 6. The Kier molecular flexibility index (Phi) is 4.63. The number of furan rings is 1. The Morgan fingerprint density at radius 1 is 1.04 bits per heavy atom. The van der Waals surface area contributed by atoms with Crippen LogP contribution in [0, 0.1) is 0 Å². The lowest BCUT2D eigenvalue weighted by Gasteiger charge is -2.10. The smallest absolute Gasteiger partial charge is 0.336 e. The van der Waals surface area contributed by atoms with E-state index in [-0.39, 0.29) is 18.9 Å². The van der Waals surface area contributed by atoms with Crippen LogP contribution in [0.15, 0.2) is 74.5 Å². The number of esters is 1. The van der Waals surface area contributed by atoms with Crippen LogP contribution in [0.5, 0.6) is 0 Å². The quantitative estimate of drug-likeness (QED) is 0.326. The van der Waals surface area contributed by atoms with E-state index in [1.54, 1.807) is 12.1 Å². The van der Waals surface area contributed by atoms with Crippen LogP contribution < -0.4 is 10.9 Å². The minimum absolute atomic E-state index is 0.103. The van der Waals surface area contributed by atoms with Gasteiger partial charge in [0.1, 0.15) is 18.7 Å². The van der Waals surface area contributed by atoms with E-state index in [9.17, 15) is 14.4 Å². The third-order valence-corrected chi connectivity index (χ3v) is 4.24. The highest BCUT2D eigenvalue weighted by atomic mass is 16.5. The number of amides is 1. The molecule has 0 aliphatic carbocycles. The molecule has 4 aromatic rings. The van der Waals surface area contributed by atoms with Crippen molar-refractivity contribution in [3.8, 4) is 0 Å². The van der Waals surface area contributed by atoms with Gasteiger partial charge in [-0.3, -0.25) is 9.59 Å².